The van der Waals surface area contributed by atoms with Crippen LogP contribution in [0.3, 0.4) is 0 Å². The molecule has 1 aromatic carbocycles. The third-order valence-electron chi connectivity index (χ3n) is 1.66. The molecule has 0 spiro atoms. The van der Waals surface area contributed by atoms with Gasteiger partial charge in [0.15, 0.2) is 11.5 Å². The van der Waals surface area contributed by atoms with Gasteiger partial charge < -0.3 is 15.1 Å². The van der Waals surface area contributed by atoms with Crippen molar-refractivity contribution in [1.29, 1.82) is 0 Å². The second kappa shape index (κ2) is 4.45. The van der Waals surface area contributed by atoms with Crippen LogP contribution in [0.25, 0.3) is 0 Å². The van der Waals surface area contributed by atoms with Crippen molar-refractivity contribution in [3.8, 4) is 11.5 Å². The Hall–Kier alpha value is -1.04. The molecule has 0 aliphatic rings. The van der Waals surface area contributed by atoms with Crippen LogP contribution in [0.2, 0.25) is 5.02 Å². The van der Waals surface area contributed by atoms with Crippen LogP contribution in [0.1, 0.15) is 5.56 Å². The maximum absolute atomic E-state index is 13.3. The minimum atomic E-state index is -0.786. The van der Waals surface area contributed by atoms with E-state index in [2.05, 4.69) is 10.3 Å². The number of nitrogens with one attached hydrogen (secondary N) is 1. The molecule has 0 fully saturated rings. The number of aromatic hydroxyl groups is 2. The van der Waals surface area contributed by atoms with Gasteiger partial charge in [0.2, 0.25) is 0 Å². The van der Waals surface area contributed by atoms with Crippen LogP contribution in [0.5, 0.6) is 11.5 Å². The molecule has 0 saturated heterocycles. The Morgan fingerprint density at radius 3 is 2.79 bits per heavy atom. The summed E-state index contributed by atoms with van der Waals surface area (Å²) in [5.74, 6) is -1.80. The minimum absolute atomic E-state index is 0.0950. The van der Waals surface area contributed by atoms with Crippen molar-refractivity contribution < 1.29 is 19.4 Å². The number of phenolic OH excluding ortho intramolecular Hbond substituents is 2. The molecular weight excluding hydrogens is 213 g/mol. The highest BCUT2D eigenvalue weighted by Gasteiger charge is 2.16. The number of hydroxylamine groups is 1. The first-order valence-electron chi connectivity index (χ1n) is 3.72. The largest absolute Gasteiger partial charge is 0.504 e. The van der Waals surface area contributed by atoms with E-state index in [1.54, 1.807) is 0 Å². The summed E-state index contributed by atoms with van der Waals surface area (Å²) in [6.45, 7) is -0.0950. The fraction of sp³-hybridized carbons (Fsp3) is 0.250. The van der Waals surface area contributed by atoms with Gasteiger partial charge in [0, 0.05) is 6.07 Å². The van der Waals surface area contributed by atoms with E-state index in [0.717, 1.165) is 6.07 Å². The molecule has 0 bridgehead atoms. The molecule has 4 nitrogen and oxygen atoms in total. The zero-order valence-corrected chi connectivity index (χ0v) is 8.10. The second-order valence-corrected chi connectivity index (χ2v) is 2.95. The number of phenols is 2. The topological polar surface area (TPSA) is 61.7 Å². The van der Waals surface area contributed by atoms with Crippen LogP contribution in [-0.2, 0) is 11.4 Å². The first-order chi connectivity index (χ1) is 6.57. The SMILES string of the molecule is CONCc1c(O)c(O)cc(Cl)c1F. The summed E-state index contributed by atoms with van der Waals surface area (Å²) in [6.07, 6.45) is 0. The van der Waals surface area contributed by atoms with E-state index in [4.69, 9.17) is 16.7 Å². The number of halogens is 2. The predicted octanol–water partition coefficient (Wildman–Crippen LogP) is 1.54. The van der Waals surface area contributed by atoms with Crippen molar-refractivity contribution in [3.63, 3.8) is 0 Å². The molecule has 6 heteroatoms. The molecule has 1 rings (SSSR count). The van der Waals surface area contributed by atoms with Crippen molar-refractivity contribution in [2.75, 3.05) is 7.11 Å². The predicted molar refractivity (Wildman–Crippen MR) is 48.6 cm³/mol. The zero-order chi connectivity index (χ0) is 10.7. The molecule has 1 aromatic rings. The highest BCUT2D eigenvalue weighted by molar-refractivity contribution is 6.31. The molecule has 0 radical (unpaired) electrons. The summed E-state index contributed by atoms with van der Waals surface area (Å²) in [7, 11) is 1.35. The number of benzene rings is 1. The molecule has 0 heterocycles. The van der Waals surface area contributed by atoms with Crippen LogP contribution in [0.15, 0.2) is 6.07 Å². The van der Waals surface area contributed by atoms with E-state index in [-0.39, 0.29) is 17.1 Å². The summed E-state index contributed by atoms with van der Waals surface area (Å²) < 4.78 is 13.3. The van der Waals surface area contributed by atoms with Crippen LogP contribution < -0.4 is 5.48 Å². The van der Waals surface area contributed by atoms with E-state index in [9.17, 15) is 9.50 Å². The van der Waals surface area contributed by atoms with Gasteiger partial charge >= 0.3 is 0 Å². The Morgan fingerprint density at radius 2 is 2.21 bits per heavy atom. The molecule has 0 atom stereocenters. The molecule has 0 aliphatic carbocycles. The smallest absolute Gasteiger partial charge is 0.165 e. The summed E-state index contributed by atoms with van der Waals surface area (Å²) in [6, 6.07) is 0.933. The monoisotopic (exact) mass is 221 g/mol. The van der Waals surface area contributed by atoms with Gasteiger partial charge in [-0.3, -0.25) is 0 Å². The molecule has 78 valence electrons. The highest BCUT2D eigenvalue weighted by atomic mass is 35.5. The molecule has 0 aliphatic heterocycles. The van der Waals surface area contributed by atoms with Crippen LogP contribution in [-0.4, -0.2) is 17.3 Å². The van der Waals surface area contributed by atoms with Gasteiger partial charge in [-0.25, -0.2) is 4.39 Å². The van der Waals surface area contributed by atoms with Gasteiger partial charge in [0.05, 0.1) is 24.2 Å². The Balaban J connectivity index is 3.11. The van der Waals surface area contributed by atoms with E-state index in [1.807, 2.05) is 0 Å². The lowest BCUT2D eigenvalue weighted by atomic mass is 10.1. The van der Waals surface area contributed by atoms with Crippen LogP contribution in [0, 0.1) is 5.82 Å². The first kappa shape index (κ1) is 11.0. The molecule has 0 saturated carbocycles. The normalized spacial score (nSPS) is 10.5. The Morgan fingerprint density at radius 1 is 1.57 bits per heavy atom. The van der Waals surface area contributed by atoms with Gasteiger partial charge in [0.25, 0.3) is 0 Å². The maximum atomic E-state index is 13.3. The van der Waals surface area contributed by atoms with Crippen molar-refractivity contribution in [2.24, 2.45) is 0 Å². The summed E-state index contributed by atoms with van der Waals surface area (Å²) >= 11 is 5.46. The van der Waals surface area contributed by atoms with Crippen molar-refractivity contribution >= 4 is 11.6 Å². The average Bonchev–Trinajstić information content (AvgIpc) is 2.15. The fourth-order valence-corrected chi connectivity index (χ4v) is 1.18. The van der Waals surface area contributed by atoms with E-state index in [0.29, 0.717) is 0 Å². The summed E-state index contributed by atoms with van der Waals surface area (Å²) in [5.41, 5.74) is 2.19. The lowest BCUT2D eigenvalue weighted by Gasteiger charge is -2.09. The molecule has 14 heavy (non-hydrogen) atoms. The Bertz CT molecular complexity index is 320. The molecule has 0 aromatic heterocycles. The van der Waals surface area contributed by atoms with Crippen molar-refractivity contribution in [1.82, 2.24) is 5.48 Å². The Labute approximate surface area is 84.8 Å². The van der Waals surface area contributed by atoms with E-state index < -0.39 is 17.3 Å². The van der Waals surface area contributed by atoms with Gasteiger partial charge in [-0.15, -0.1) is 0 Å². The molecule has 3 N–H and O–H groups in total. The van der Waals surface area contributed by atoms with Crippen LogP contribution >= 0.6 is 11.6 Å². The molecular formula is C8H9ClFNO3. The first-order valence-corrected chi connectivity index (χ1v) is 4.10. The average molecular weight is 222 g/mol. The van der Waals surface area contributed by atoms with Gasteiger partial charge in [-0.05, 0) is 0 Å². The van der Waals surface area contributed by atoms with Gasteiger partial charge in [0.1, 0.15) is 5.82 Å². The third-order valence-corrected chi connectivity index (χ3v) is 1.93. The quantitative estimate of drug-likeness (QED) is 0.535. The molecule has 0 amide bonds. The summed E-state index contributed by atoms with van der Waals surface area (Å²) in [5, 5.41) is 18.2. The highest BCUT2D eigenvalue weighted by Crippen LogP contribution is 2.35. The maximum Gasteiger partial charge on any atom is 0.165 e. The molecule has 0 unspecified atom stereocenters. The van der Waals surface area contributed by atoms with Crippen molar-refractivity contribution in [3.05, 3.63) is 22.5 Å². The van der Waals surface area contributed by atoms with Gasteiger partial charge in [-0.2, -0.15) is 5.48 Å². The fourth-order valence-electron chi connectivity index (χ4n) is 0.960. The Kier molecular flexibility index (Phi) is 3.51. The summed E-state index contributed by atoms with van der Waals surface area (Å²) in [4.78, 5) is 4.48. The van der Waals surface area contributed by atoms with E-state index in [1.165, 1.54) is 7.11 Å². The number of hydrogen-bond donors (Lipinski definition) is 3. The number of hydrogen-bond acceptors (Lipinski definition) is 4. The van der Waals surface area contributed by atoms with Gasteiger partial charge in [-0.1, -0.05) is 11.6 Å². The second-order valence-electron chi connectivity index (χ2n) is 2.54. The lowest BCUT2D eigenvalue weighted by molar-refractivity contribution is 0.0852. The third kappa shape index (κ3) is 2.06. The van der Waals surface area contributed by atoms with Crippen molar-refractivity contribution in [2.45, 2.75) is 6.54 Å². The number of rotatable bonds is 3. The standard InChI is InChI=1S/C8H9ClFNO3/c1-14-11-3-4-7(10)5(9)2-6(12)8(4)13/h2,11-13H,3H2,1H3. The lowest BCUT2D eigenvalue weighted by Crippen LogP contribution is -2.12. The zero-order valence-electron chi connectivity index (χ0n) is 7.34. The van der Waals surface area contributed by atoms with Crippen LogP contribution in [0.4, 0.5) is 4.39 Å². The minimum Gasteiger partial charge on any atom is -0.504 e. The van der Waals surface area contributed by atoms with E-state index >= 15 is 0 Å².